The number of aromatic nitrogens is 3. The molecular formula is C22H14F7N5O2. The van der Waals surface area contributed by atoms with E-state index in [1.165, 1.54) is 0 Å². The molecule has 1 atom stereocenters. The van der Waals surface area contributed by atoms with Crippen molar-refractivity contribution in [3.05, 3.63) is 76.9 Å². The zero-order chi connectivity index (χ0) is 29.0. The van der Waals surface area contributed by atoms with Crippen molar-refractivity contribution in [2.45, 2.75) is 19.1 Å². The lowest BCUT2D eigenvalue weighted by Gasteiger charge is -2.14. The summed E-state index contributed by atoms with van der Waals surface area (Å²) in [4.78, 5) is 19.3. The molecule has 7 nitrogen and oxygen atoms in total. The van der Waals surface area contributed by atoms with Crippen molar-refractivity contribution >= 4 is 22.9 Å². The van der Waals surface area contributed by atoms with Gasteiger partial charge < -0.3 is 16.2 Å². The number of hydrogen-bond acceptors (Lipinski definition) is 5. The molecule has 0 saturated carbocycles. The van der Waals surface area contributed by atoms with Crippen LogP contribution in [0.1, 0.15) is 27.3 Å². The number of aliphatic hydroxyl groups is 1. The van der Waals surface area contributed by atoms with Crippen molar-refractivity contribution in [3.63, 3.8) is 0 Å². The molecule has 2 heterocycles. The second-order valence-electron chi connectivity index (χ2n) is 7.38. The van der Waals surface area contributed by atoms with Gasteiger partial charge in [-0.05, 0) is 36.7 Å². The van der Waals surface area contributed by atoms with Crippen LogP contribution in [0.5, 0.6) is 0 Å². The van der Waals surface area contributed by atoms with E-state index in [9.17, 15) is 36.2 Å². The molecular weight excluding hydrogens is 499 g/mol. The second kappa shape index (κ2) is 8.78. The fraction of sp³-hybridized carbons (Fsp3) is 0.136. The fourth-order valence-corrected chi connectivity index (χ4v) is 3.44. The first-order chi connectivity index (χ1) is 18.0. The van der Waals surface area contributed by atoms with E-state index in [2.05, 4.69) is 9.97 Å². The highest BCUT2D eigenvalue weighted by Crippen LogP contribution is 2.37. The maximum absolute atomic E-state index is 15.2. The number of aryl methyl sites for hydroxylation is 1. The van der Waals surface area contributed by atoms with E-state index in [4.69, 9.17) is 9.85 Å². The maximum atomic E-state index is 15.2. The molecule has 188 valence electrons. The minimum atomic E-state index is -5.14. The number of nitrogens with one attached hydrogen (secondary N) is 1. The molecule has 0 aliphatic rings. The highest BCUT2D eigenvalue weighted by molar-refractivity contribution is 5.95. The van der Waals surface area contributed by atoms with Gasteiger partial charge in [-0.25, -0.2) is 27.5 Å². The number of anilines is 2. The highest BCUT2D eigenvalue weighted by Gasteiger charge is 2.36. The molecule has 0 aliphatic carbocycles. The predicted molar refractivity (Wildman–Crippen MR) is 112 cm³/mol. The summed E-state index contributed by atoms with van der Waals surface area (Å²) in [6.45, 7) is -3.26. The lowest BCUT2D eigenvalue weighted by atomic mass is 10.1. The Bertz CT molecular complexity index is 1600. The summed E-state index contributed by atoms with van der Waals surface area (Å²) in [7, 11) is 0. The van der Waals surface area contributed by atoms with Crippen LogP contribution in [0, 0.1) is 30.1 Å². The predicted octanol–water partition coefficient (Wildman–Crippen LogP) is 4.53. The molecule has 14 heteroatoms. The van der Waals surface area contributed by atoms with E-state index in [-0.39, 0.29) is 10.6 Å². The molecule has 0 fully saturated rings. The molecule has 36 heavy (non-hydrogen) atoms. The van der Waals surface area contributed by atoms with Crippen LogP contribution in [0.25, 0.3) is 16.8 Å². The van der Waals surface area contributed by atoms with Gasteiger partial charge in [0.2, 0.25) is 0 Å². The minimum Gasteiger partial charge on any atom is -0.382 e. The van der Waals surface area contributed by atoms with Crippen LogP contribution in [0.15, 0.2) is 36.5 Å². The van der Waals surface area contributed by atoms with Crippen LogP contribution in [0.4, 0.5) is 42.2 Å². The molecule has 0 radical (unpaired) electrons. The van der Waals surface area contributed by atoms with Gasteiger partial charge >= 0.3 is 6.18 Å². The van der Waals surface area contributed by atoms with Crippen molar-refractivity contribution in [3.8, 4) is 11.3 Å². The van der Waals surface area contributed by atoms with Crippen LogP contribution in [-0.4, -0.2) is 25.4 Å². The summed E-state index contributed by atoms with van der Waals surface area (Å²) >= 11 is 0. The Kier molecular flexibility index (Phi) is 5.15. The van der Waals surface area contributed by atoms with Crippen molar-refractivity contribution in [1.29, 1.82) is 0 Å². The first-order valence-corrected chi connectivity index (χ1v) is 9.68. The summed E-state index contributed by atoms with van der Waals surface area (Å²) in [5.41, 5.74) is 0.282. The number of aliphatic hydroxyl groups excluding tert-OH is 1. The number of rotatable bonds is 4. The van der Waals surface area contributed by atoms with Gasteiger partial charge in [-0.1, -0.05) is 0 Å². The molecule has 1 unspecified atom stereocenters. The molecule has 0 bridgehead atoms. The zero-order valence-corrected chi connectivity index (χ0v) is 17.5. The zero-order valence-electron chi connectivity index (χ0n) is 20.5. The third-order valence-electron chi connectivity index (χ3n) is 5.02. The van der Waals surface area contributed by atoms with E-state index in [0.29, 0.717) is 18.2 Å². The highest BCUT2D eigenvalue weighted by atomic mass is 19.4. The number of carbonyl (C=O) groups is 1. The van der Waals surface area contributed by atoms with Gasteiger partial charge in [0.25, 0.3) is 5.91 Å². The Morgan fingerprint density at radius 3 is 2.42 bits per heavy atom. The van der Waals surface area contributed by atoms with Crippen LogP contribution < -0.4 is 11.1 Å². The summed E-state index contributed by atoms with van der Waals surface area (Å²) in [6, 6.07) is 3.23. The quantitative estimate of drug-likeness (QED) is 0.346. The van der Waals surface area contributed by atoms with Gasteiger partial charge in [-0.2, -0.15) is 13.2 Å². The summed E-state index contributed by atoms with van der Waals surface area (Å²) in [5, 5.41) is 11.9. The van der Waals surface area contributed by atoms with E-state index in [1.54, 1.807) is 0 Å². The third kappa shape index (κ3) is 4.30. The topological polar surface area (TPSA) is 106 Å². The Hall–Kier alpha value is -4.20. The molecule has 0 saturated heterocycles. The van der Waals surface area contributed by atoms with E-state index in [0.717, 1.165) is 12.1 Å². The van der Waals surface area contributed by atoms with Gasteiger partial charge in [0, 0.05) is 15.7 Å². The monoisotopic (exact) mass is 516 g/mol. The lowest BCUT2D eigenvalue weighted by molar-refractivity contribution is -0.142. The Labute approximate surface area is 201 Å². The standard InChI is InChI=1S/C22H14F7N5O2/c1-8-32-17(18-20(30)31-7-14(34(8)18)22(27,28)29)12-2-3-13(16(26)15(12)25)33-21(36)19(35)9-4-10(23)6-11(24)5-9/h2-7,19,35H,1H3,(H2,30,31)(H,33,36)/i1D3. The number of nitrogens with two attached hydrogens (primary N) is 1. The minimum absolute atomic E-state index is 0.131. The molecule has 2 aromatic carbocycles. The number of amides is 1. The number of carbonyl (C=O) groups excluding carboxylic acids is 1. The normalized spacial score (nSPS) is 14.3. The number of fused-ring (bicyclic) bond motifs is 1. The largest absolute Gasteiger partial charge is 0.433 e. The van der Waals surface area contributed by atoms with Crippen LogP contribution in [-0.2, 0) is 11.0 Å². The van der Waals surface area contributed by atoms with Crippen molar-refractivity contribution in [1.82, 2.24) is 14.4 Å². The summed E-state index contributed by atoms with van der Waals surface area (Å²) < 4.78 is 121. The first kappa shape index (κ1) is 21.1. The number of benzene rings is 2. The molecule has 2 aromatic heterocycles. The van der Waals surface area contributed by atoms with E-state index in [1.807, 2.05) is 5.32 Å². The Morgan fingerprint density at radius 1 is 1.14 bits per heavy atom. The molecule has 4 rings (SSSR count). The van der Waals surface area contributed by atoms with Gasteiger partial charge in [0.1, 0.15) is 40.2 Å². The van der Waals surface area contributed by atoms with Crippen molar-refractivity contribution in [2.24, 2.45) is 0 Å². The lowest BCUT2D eigenvalue weighted by Crippen LogP contribution is -2.22. The van der Waals surface area contributed by atoms with Gasteiger partial charge in [-0.15, -0.1) is 0 Å². The van der Waals surface area contributed by atoms with Crippen LogP contribution in [0.3, 0.4) is 0 Å². The van der Waals surface area contributed by atoms with Crippen LogP contribution in [0.2, 0.25) is 0 Å². The van der Waals surface area contributed by atoms with E-state index < -0.39 is 93.7 Å². The summed E-state index contributed by atoms with van der Waals surface area (Å²) in [5.74, 6) is -9.05. The number of alkyl halides is 3. The molecule has 0 spiro atoms. The third-order valence-corrected chi connectivity index (χ3v) is 5.02. The molecule has 4 N–H and O–H groups in total. The summed E-state index contributed by atoms with van der Waals surface area (Å²) in [6.07, 6.45) is -7.09. The molecule has 0 aliphatic heterocycles. The Balaban J connectivity index is 1.81. The van der Waals surface area contributed by atoms with Gasteiger partial charge in [-0.3, -0.25) is 9.20 Å². The van der Waals surface area contributed by atoms with Gasteiger partial charge in [0.15, 0.2) is 17.7 Å². The average Bonchev–Trinajstić information content (AvgIpc) is 3.22. The molecule has 4 aromatic rings. The van der Waals surface area contributed by atoms with Crippen molar-refractivity contribution in [2.75, 3.05) is 11.1 Å². The molecule has 1 amide bonds. The number of nitrogens with zero attached hydrogens (tertiary/aromatic N) is 3. The number of halogens is 7. The average molecular weight is 516 g/mol. The van der Waals surface area contributed by atoms with Gasteiger partial charge in [0.05, 0.1) is 11.9 Å². The smallest absolute Gasteiger partial charge is 0.382 e. The fourth-order valence-electron chi connectivity index (χ4n) is 3.44. The number of nitrogen functional groups attached to an aromatic ring is 1. The SMILES string of the molecule is [2H]C([2H])([2H])c1nc(-c2ccc(NC(=O)C(O)c3cc(F)cc(F)c3)c(F)c2F)c2c(N)ncc(C(F)(F)F)n12. The first-order valence-electron chi connectivity index (χ1n) is 11.2. The Morgan fingerprint density at radius 2 is 1.81 bits per heavy atom. The maximum Gasteiger partial charge on any atom is 0.433 e. The van der Waals surface area contributed by atoms with Crippen molar-refractivity contribution < 1.29 is 44.7 Å². The van der Waals surface area contributed by atoms with Crippen LogP contribution >= 0.6 is 0 Å². The second-order valence-corrected chi connectivity index (χ2v) is 7.38. The number of hydrogen-bond donors (Lipinski definition) is 3. The number of imidazole rings is 1. The van der Waals surface area contributed by atoms with E-state index >= 15 is 4.39 Å².